The Morgan fingerprint density at radius 3 is 2.76 bits per heavy atom. The minimum absolute atomic E-state index is 0.121. The highest BCUT2D eigenvalue weighted by atomic mass is 19.1. The van der Waals surface area contributed by atoms with Gasteiger partial charge in [-0.05, 0) is 31.2 Å². The van der Waals surface area contributed by atoms with Gasteiger partial charge < -0.3 is 4.74 Å². The second-order valence-corrected chi connectivity index (χ2v) is 3.25. The highest BCUT2D eigenvalue weighted by Crippen LogP contribution is 2.08. The Kier molecular flexibility index (Phi) is 3.13. The molecule has 88 valence electrons. The van der Waals surface area contributed by atoms with Crippen molar-refractivity contribution in [2.75, 3.05) is 6.61 Å². The van der Waals surface area contributed by atoms with Crippen molar-refractivity contribution in [1.82, 2.24) is 15.0 Å². The van der Waals surface area contributed by atoms with Gasteiger partial charge in [-0.1, -0.05) is 5.21 Å². The number of nitrogens with zero attached hydrogens (tertiary/aromatic N) is 3. The highest BCUT2D eigenvalue weighted by molar-refractivity contribution is 5.86. The van der Waals surface area contributed by atoms with Crippen LogP contribution >= 0.6 is 0 Å². The number of halogens is 1. The zero-order chi connectivity index (χ0) is 12.3. The largest absolute Gasteiger partial charge is 0.461 e. The number of carbonyl (C=O) groups is 1. The predicted molar refractivity (Wildman–Crippen MR) is 57.3 cm³/mol. The van der Waals surface area contributed by atoms with Crippen molar-refractivity contribution < 1.29 is 13.9 Å². The molecule has 0 spiro atoms. The molecule has 0 aliphatic carbocycles. The first-order valence-corrected chi connectivity index (χ1v) is 5.06. The fraction of sp³-hybridized carbons (Fsp3) is 0.182. The lowest BCUT2D eigenvalue weighted by Crippen LogP contribution is -2.04. The topological polar surface area (TPSA) is 57.0 Å². The molecule has 0 unspecified atom stereocenters. The van der Waals surface area contributed by atoms with E-state index in [9.17, 15) is 9.18 Å². The average molecular weight is 235 g/mol. The van der Waals surface area contributed by atoms with Crippen LogP contribution in [0.1, 0.15) is 17.4 Å². The summed E-state index contributed by atoms with van der Waals surface area (Å²) in [6.07, 6.45) is 1.44. The van der Waals surface area contributed by atoms with Crippen LogP contribution in [0.2, 0.25) is 0 Å². The summed E-state index contributed by atoms with van der Waals surface area (Å²) in [5.41, 5.74) is 0.741. The van der Waals surface area contributed by atoms with E-state index in [0.717, 1.165) is 0 Å². The maximum absolute atomic E-state index is 12.7. The Balaban J connectivity index is 2.23. The van der Waals surface area contributed by atoms with Crippen LogP contribution < -0.4 is 0 Å². The summed E-state index contributed by atoms with van der Waals surface area (Å²) < 4.78 is 18.9. The predicted octanol–water partition coefficient (Wildman–Crippen LogP) is 1.58. The van der Waals surface area contributed by atoms with E-state index in [1.54, 1.807) is 19.1 Å². The minimum atomic E-state index is -0.527. The van der Waals surface area contributed by atoms with Crippen molar-refractivity contribution in [3.8, 4) is 5.69 Å². The molecule has 1 aromatic heterocycles. The van der Waals surface area contributed by atoms with Gasteiger partial charge in [-0.2, -0.15) is 0 Å². The summed E-state index contributed by atoms with van der Waals surface area (Å²) in [5.74, 6) is -0.861. The number of esters is 1. The molecule has 2 aromatic rings. The van der Waals surface area contributed by atoms with E-state index in [1.807, 2.05) is 0 Å². The van der Waals surface area contributed by atoms with Crippen LogP contribution in [0.4, 0.5) is 4.39 Å². The second kappa shape index (κ2) is 4.73. The number of benzene rings is 1. The maximum atomic E-state index is 12.7. The monoisotopic (exact) mass is 235 g/mol. The summed E-state index contributed by atoms with van der Waals surface area (Å²) in [6.45, 7) is 1.99. The number of rotatable bonds is 3. The first-order valence-electron chi connectivity index (χ1n) is 5.06. The van der Waals surface area contributed by atoms with Crippen molar-refractivity contribution in [3.63, 3.8) is 0 Å². The van der Waals surface area contributed by atoms with Gasteiger partial charge in [0.25, 0.3) is 0 Å². The quantitative estimate of drug-likeness (QED) is 0.758. The third kappa shape index (κ3) is 2.47. The van der Waals surface area contributed by atoms with Gasteiger partial charge in [0.1, 0.15) is 5.82 Å². The van der Waals surface area contributed by atoms with E-state index in [1.165, 1.54) is 23.0 Å². The molecule has 0 bridgehead atoms. The smallest absolute Gasteiger partial charge is 0.360 e. The Morgan fingerprint density at radius 1 is 1.41 bits per heavy atom. The van der Waals surface area contributed by atoms with Crippen LogP contribution in [0.3, 0.4) is 0 Å². The third-order valence-corrected chi connectivity index (χ3v) is 2.07. The van der Waals surface area contributed by atoms with Gasteiger partial charge in [0.2, 0.25) is 0 Å². The summed E-state index contributed by atoms with van der Waals surface area (Å²) >= 11 is 0. The van der Waals surface area contributed by atoms with Crippen LogP contribution in [-0.4, -0.2) is 27.6 Å². The first kappa shape index (κ1) is 11.3. The Labute approximate surface area is 96.8 Å². The molecular weight excluding hydrogens is 225 g/mol. The van der Waals surface area contributed by atoms with Crippen LogP contribution in [0.25, 0.3) is 5.69 Å². The Morgan fingerprint density at radius 2 is 2.12 bits per heavy atom. The lowest BCUT2D eigenvalue weighted by Gasteiger charge is -1.98. The van der Waals surface area contributed by atoms with Crippen molar-refractivity contribution >= 4 is 5.97 Å². The molecule has 0 amide bonds. The van der Waals surface area contributed by atoms with Crippen molar-refractivity contribution in [1.29, 1.82) is 0 Å². The fourth-order valence-corrected chi connectivity index (χ4v) is 1.28. The normalized spacial score (nSPS) is 10.2. The second-order valence-electron chi connectivity index (χ2n) is 3.25. The molecule has 0 saturated heterocycles. The standard InChI is InChI=1S/C11H10FN3O2/c1-2-17-11(16)10-7-15(14-13-10)9-5-3-8(12)4-6-9/h3-7H,2H2,1H3. The van der Waals surface area contributed by atoms with Crippen LogP contribution in [-0.2, 0) is 4.74 Å². The van der Waals surface area contributed by atoms with E-state index < -0.39 is 5.97 Å². The average Bonchev–Trinajstić information content (AvgIpc) is 2.80. The molecule has 5 nitrogen and oxygen atoms in total. The van der Waals surface area contributed by atoms with E-state index in [4.69, 9.17) is 4.74 Å². The van der Waals surface area contributed by atoms with Gasteiger partial charge in [-0.15, -0.1) is 5.10 Å². The minimum Gasteiger partial charge on any atom is -0.461 e. The summed E-state index contributed by atoms with van der Waals surface area (Å²) in [7, 11) is 0. The zero-order valence-electron chi connectivity index (χ0n) is 9.13. The van der Waals surface area contributed by atoms with Crippen molar-refractivity contribution in [3.05, 3.63) is 42.0 Å². The molecule has 0 atom stereocenters. The lowest BCUT2D eigenvalue weighted by molar-refractivity contribution is 0.0519. The van der Waals surface area contributed by atoms with E-state index >= 15 is 0 Å². The summed E-state index contributed by atoms with van der Waals surface area (Å²) in [4.78, 5) is 11.3. The molecule has 0 N–H and O–H groups in total. The third-order valence-electron chi connectivity index (χ3n) is 2.07. The Hall–Kier alpha value is -2.24. The van der Waals surface area contributed by atoms with Crippen LogP contribution in [0, 0.1) is 5.82 Å². The van der Waals surface area contributed by atoms with Gasteiger partial charge in [-0.3, -0.25) is 0 Å². The maximum Gasteiger partial charge on any atom is 0.360 e. The molecule has 1 heterocycles. The number of aromatic nitrogens is 3. The van der Waals surface area contributed by atoms with Crippen LogP contribution in [0.5, 0.6) is 0 Å². The van der Waals surface area contributed by atoms with Gasteiger partial charge in [-0.25, -0.2) is 13.9 Å². The number of hydrogen-bond donors (Lipinski definition) is 0. The van der Waals surface area contributed by atoms with Gasteiger partial charge in [0, 0.05) is 0 Å². The van der Waals surface area contributed by atoms with Crippen molar-refractivity contribution in [2.45, 2.75) is 6.92 Å². The van der Waals surface area contributed by atoms with Crippen LogP contribution in [0.15, 0.2) is 30.5 Å². The van der Waals surface area contributed by atoms with Gasteiger partial charge in [0.15, 0.2) is 5.69 Å². The molecule has 0 saturated carbocycles. The molecule has 0 aliphatic heterocycles. The molecule has 17 heavy (non-hydrogen) atoms. The Bertz CT molecular complexity index is 522. The van der Waals surface area contributed by atoms with E-state index in [0.29, 0.717) is 5.69 Å². The van der Waals surface area contributed by atoms with E-state index in [2.05, 4.69) is 10.3 Å². The molecule has 0 aliphatic rings. The van der Waals surface area contributed by atoms with Crippen molar-refractivity contribution in [2.24, 2.45) is 0 Å². The molecular formula is C11H10FN3O2. The number of ether oxygens (including phenoxy) is 1. The summed E-state index contributed by atoms with van der Waals surface area (Å²) in [5, 5.41) is 7.44. The molecule has 6 heteroatoms. The highest BCUT2D eigenvalue weighted by Gasteiger charge is 2.11. The fourth-order valence-electron chi connectivity index (χ4n) is 1.28. The first-order chi connectivity index (χ1) is 8.20. The number of carbonyl (C=O) groups excluding carboxylic acids is 1. The number of hydrogen-bond acceptors (Lipinski definition) is 4. The molecule has 2 rings (SSSR count). The van der Waals surface area contributed by atoms with Gasteiger partial charge in [0.05, 0.1) is 18.5 Å². The van der Waals surface area contributed by atoms with Gasteiger partial charge >= 0.3 is 5.97 Å². The zero-order valence-corrected chi connectivity index (χ0v) is 9.13. The molecule has 0 fully saturated rings. The molecule has 0 radical (unpaired) electrons. The summed E-state index contributed by atoms with van der Waals surface area (Å²) in [6, 6.07) is 5.69. The lowest BCUT2D eigenvalue weighted by atomic mass is 10.3. The SMILES string of the molecule is CCOC(=O)c1cn(-c2ccc(F)cc2)nn1. The molecule has 1 aromatic carbocycles. The van der Waals surface area contributed by atoms with E-state index in [-0.39, 0.29) is 18.1 Å².